The Balaban J connectivity index is 1.54. The van der Waals surface area contributed by atoms with Crippen LogP contribution < -0.4 is 9.47 Å². The molecule has 116 valence electrons. The van der Waals surface area contributed by atoms with E-state index in [4.69, 9.17) is 14.5 Å². The maximum atomic E-state index is 6.22. The van der Waals surface area contributed by atoms with Crippen LogP contribution in [0.2, 0.25) is 0 Å². The highest BCUT2D eigenvalue weighted by Gasteiger charge is 2.42. The second-order valence-corrected chi connectivity index (χ2v) is 7.36. The fourth-order valence-electron chi connectivity index (χ4n) is 3.52. The number of rotatable bonds is 1. The smallest absolute Gasteiger partial charge is 0.251 e. The predicted octanol–water partition coefficient (Wildman–Crippen LogP) is 5.39. The number of fused-ring (bicyclic) bond motifs is 2. The molecular formula is C19H17NO2S. The number of hydrogen-bond acceptors (Lipinski definition) is 4. The maximum absolute atomic E-state index is 6.22. The minimum absolute atomic E-state index is 0.410. The predicted molar refractivity (Wildman–Crippen MR) is 92.1 cm³/mol. The van der Waals surface area contributed by atoms with E-state index in [1.807, 2.05) is 24.3 Å². The molecule has 3 nitrogen and oxygen atoms in total. The second kappa shape index (κ2) is 4.96. The quantitative estimate of drug-likeness (QED) is 0.601. The van der Waals surface area contributed by atoms with Gasteiger partial charge in [-0.2, -0.15) is 0 Å². The number of nitrogens with zero attached hydrogens (tertiary/aromatic N) is 1. The van der Waals surface area contributed by atoms with E-state index < -0.39 is 5.79 Å². The van der Waals surface area contributed by atoms with E-state index >= 15 is 0 Å². The zero-order valence-electron chi connectivity index (χ0n) is 12.7. The Kier molecular flexibility index (Phi) is 2.89. The average Bonchev–Trinajstić information content (AvgIpc) is 3.14. The number of hydrogen-bond donors (Lipinski definition) is 0. The van der Waals surface area contributed by atoms with Gasteiger partial charge in [0.05, 0.1) is 10.2 Å². The van der Waals surface area contributed by atoms with E-state index in [-0.39, 0.29) is 0 Å². The van der Waals surface area contributed by atoms with Crippen LogP contribution in [0.4, 0.5) is 0 Å². The van der Waals surface area contributed by atoms with Crippen LogP contribution in [0.3, 0.4) is 0 Å². The summed E-state index contributed by atoms with van der Waals surface area (Å²) in [7, 11) is 0. The van der Waals surface area contributed by atoms with E-state index in [0.717, 1.165) is 45.1 Å². The van der Waals surface area contributed by atoms with Crippen molar-refractivity contribution in [3.05, 3.63) is 42.5 Å². The number of ether oxygens (including phenoxy) is 2. The summed E-state index contributed by atoms with van der Waals surface area (Å²) in [6.45, 7) is 0. The third-order valence-corrected chi connectivity index (χ3v) is 5.75. The minimum Gasteiger partial charge on any atom is -0.448 e. The van der Waals surface area contributed by atoms with Crippen LogP contribution in [-0.4, -0.2) is 10.8 Å². The molecule has 1 saturated carbocycles. The van der Waals surface area contributed by atoms with Gasteiger partial charge < -0.3 is 9.47 Å². The average molecular weight is 323 g/mol. The lowest BCUT2D eigenvalue weighted by Gasteiger charge is -2.31. The van der Waals surface area contributed by atoms with Crippen molar-refractivity contribution in [2.24, 2.45) is 0 Å². The van der Waals surface area contributed by atoms with Gasteiger partial charge in [-0.3, -0.25) is 0 Å². The van der Waals surface area contributed by atoms with Crippen LogP contribution in [0.5, 0.6) is 11.5 Å². The Morgan fingerprint density at radius 1 is 0.913 bits per heavy atom. The Labute approximate surface area is 138 Å². The Hall–Kier alpha value is -2.07. The lowest BCUT2D eigenvalue weighted by Crippen LogP contribution is -2.40. The lowest BCUT2D eigenvalue weighted by atomic mass is 9.94. The summed E-state index contributed by atoms with van der Waals surface area (Å²) in [5, 5.41) is 1.04. The molecule has 1 aliphatic carbocycles. The first kappa shape index (κ1) is 13.4. The molecule has 0 amide bonds. The zero-order valence-corrected chi connectivity index (χ0v) is 13.6. The van der Waals surface area contributed by atoms with Gasteiger partial charge in [0.25, 0.3) is 5.79 Å². The van der Waals surface area contributed by atoms with Gasteiger partial charge in [0, 0.05) is 30.5 Å². The standard InChI is InChI=1S/C19H17NO2S/c1-3-7-13(8-4-1)18-20-14-11-15-16(12-17(14)23-18)22-19(21-15)9-5-2-6-10-19/h1,3-4,7-8,11-12H,2,5-6,9-10H2. The van der Waals surface area contributed by atoms with E-state index in [1.54, 1.807) is 11.3 Å². The third kappa shape index (κ3) is 2.20. The maximum Gasteiger partial charge on any atom is 0.251 e. The summed E-state index contributed by atoms with van der Waals surface area (Å²) in [5.41, 5.74) is 2.14. The normalized spacial score (nSPS) is 18.6. The molecular weight excluding hydrogens is 306 g/mol. The topological polar surface area (TPSA) is 31.4 Å². The van der Waals surface area contributed by atoms with E-state index in [2.05, 4.69) is 18.2 Å². The van der Waals surface area contributed by atoms with E-state index in [1.165, 1.54) is 19.3 Å². The molecule has 1 spiro atoms. The van der Waals surface area contributed by atoms with Gasteiger partial charge in [-0.1, -0.05) is 36.8 Å². The molecule has 0 saturated heterocycles. The van der Waals surface area contributed by atoms with Gasteiger partial charge in [-0.25, -0.2) is 4.98 Å². The van der Waals surface area contributed by atoms with Gasteiger partial charge in [0.15, 0.2) is 11.5 Å². The molecule has 0 unspecified atom stereocenters. The second-order valence-electron chi connectivity index (χ2n) is 6.33. The zero-order chi connectivity index (χ0) is 15.3. The van der Waals surface area contributed by atoms with E-state index in [0.29, 0.717) is 0 Å². The Morgan fingerprint density at radius 3 is 2.43 bits per heavy atom. The molecule has 23 heavy (non-hydrogen) atoms. The molecule has 1 aromatic heterocycles. The van der Waals surface area contributed by atoms with Crippen molar-refractivity contribution >= 4 is 21.6 Å². The third-order valence-electron chi connectivity index (χ3n) is 4.68. The molecule has 2 aromatic carbocycles. The molecule has 0 radical (unpaired) electrons. The number of benzene rings is 2. The van der Waals surface area contributed by atoms with Crippen LogP contribution in [0.1, 0.15) is 32.1 Å². The monoisotopic (exact) mass is 323 g/mol. The molecule has 4 heteroatoms. The molecule has 5 rings (SSSR count). The van der Waals surface area contributed by atoms with Crippen LogP contribution >= 0.6 is 11.3 Å². The van der Waals surface area contributed by atoms with Crippen LogP contribution in [0.25, 0.3) is 20.8 Å². The first-order chi connectivity index (χ1) is 11.3. The molecule has 1 aliphatic heterocycles. The SMILES string of the molecule is c1ccc(-c2nc3cc4c(cc3s2)OC2(CCCCC2)O4)cc1. The fraction of sp³-hybridized carbons (Fsp3) is 0.316. The molecule has 3 aromatic rings. The van der Waals surface area contributed by atoms with Crippen LogP contribution in [0, 0.1) is 0 Å². The summed E-state index contributed by atoms with van der Waals surface area (Å²) in [4.78, 5) is 4.78. The highest BCUT2D eigenvalue weighted by atomic mass is 32.1. The van der Waals surface area contributed by atoms with Gasteiger partial charge in [0.2, 0.25) is 0 Å². The molecule has 0 N–H and O–H groups in total. The highest BCUT2D eigenvalue weighted by molar-refractivity contribution is 7.21. The van der Waals surface area contributed by atoms with Crippen molar-refractivity contribution in [3.8, 4) is 22.1 Å². The largest absolute Gasteiger partial charge is 0.448 e. The van der Waals surface area contributed by atoms with Crippen molar-refractivity contribution in [2.45, 2.75) is 37.9 Å². The molecule has 2 heterocycles. The Morgan fingerprint density at radius 2 is 1.65 bits per heavy atom. The van der Waals surface area contributed by atoms with Crippen LogP contribution in [0.15, 0.2) is 42.5 Å². The number of thiazole rings is 1. The molecule has 1 fully saturated rings. The number of aromatic nitrogens is 1. The molecule has 0 bridgehead atoms. The van der Waals surface area contributed by atoms with Crippen molar-refractivity contribution in [3.63, 3.8) is 0 Å². The van der Waals surface area contributed by atoms with Gasteiger partial charge in [0.1, 0.15) is 5.01 Å². The summed E-state index contributed by atoms with van der Waals surface area (Å²) in [6.07, 6.45) is 5.61. The minimum atomic E-state index is -0.410. The van der Waals surface area contributed by atoms with Crippen molar-refractivity contribution < 1.29 is 9.47 Å². The van der Waals surface area contributed by atoms with E-state index in [9.17, 15) is 0 Å². The van der Waals surface area contributed by atoms with Gasteiger partial charge in [-0.05, 0) is 12.8 Å². The first-order valence-electron chi connectivity index (χ1n) is 8.19. The Bertz CT molecular complexity index is 821. The lowest BCUT2D eigenvalue weighted by molar-refractivity contribution is -0.105. The van der Waals surface area contributed by atoms with Crippen molar-refractivity contribution in [1.29, 1.82) is 0 Å². The van der Waals surface area contributed by atoms with Crippen molar-refractivity contribution in [1.82, 2.24) is 4.98 Å². The summed E-state index contributed by atoms with van der Waals surface area (Å²) < 4.78 is 13.6. The fourth-order valence-corrected chi connectivity index (χ4v) is 4.50. The first-order valence-corrected chi connectivity index (χ1v) is 9.01. The van der Waals surface area contributed by atoms with Gasteiger partial charge in [-0.15, -0.1) is 11.3 Å². The summed E-state index contributed by atoms with van der Waals surface area (Å²) >= 11 is 1.70. The summed E-state index contributed by atoms with van der Waals surface area (Å²) in [5.74, 6) is 1.32. The van der Waals surface area contributed by atoms with Crippen LogP contribution in [-0.2, 0) is 0 Å². The summed E-state index contributed by atoms with van der Waals surface area (Å²) in [6, 6.07) is 14.4. The molecule has 2 aliphatic rings. The van der Waals surface area contributed by atoms with Gasteiger partial charge >= 0.3 is 0 Å². The highest BCUT2D eigenvalue weighted by Crippen LogP contribution is 2.48. The van der Waals surface area contributed by atoms with Crippen molar-refractivity contribution in [2.75, 3.05) is 0 Å². The molecule has 0 atom stereocenters.